The van der Waals surface area contributed by atoms with Gasteiger partial charge in [0.1, 0.15) is 6.33 Å². The molecule has 72 valence electrons. The molecule has 0 saturated carbocycles. The zero-order valence-electron chi connectivity index (χ0n) is 7.11. The first kappa shape index (κ1) is 8.89. The number of pyridine rings is 1. The van der Waals surface area contributed by atoms with Crippen molar-refractivity contribution in [3.63, 3.8) is 0 Å². The monoisotopic (exact) mass is 209 g/mol. The van der Waals surface area contributed by atoms with Crippen LogP contribution in [0.3, 0.4) is 0 Å². The lowest BCUT2D eigenvalue weighted by atomic mass is 10.5. The Morgan fingerprint density at radius 2 is 2.07 bits per heavy atom. The van der Waals surface area contributed by atoms with Crippen molar-refractivity contribution in [2.45, 2.75) is 5.03 Å². The van der Waals surface area contributed by atoms with Gasteiger partial charge in [-0.3, -0.25) is 0 Å². The smallest absolute Gasteiger partial charge is 0.244 e. The van der Waals surface area contributed by atoms with Crippen LogP contribution in [0.5, 0.6) is 0 Å². The molecule has 0 atom stereocenters. The normalized spacial score (nSPS) is 11.4. The van der Waals surface area contributed by atoms with Crippen molar-refractivity contribution < 1.29 is 8.42 Å². The molecule has 0 aromatic carbocycles. The van der Waals surface area contributed by atoms with Crippen LogP contribution in [0.15, 0.2) is 48.1 Å². The summed E-state index contributed by atoms with van der Waals surface area (Å²) in [6.07, 6.45) is 5.43. The van der Waals surface area contributed by atoms with Gasteiger partial charge < -0.3 is 0 Å². The molecule has 0 spiro atoms. The molecule has 0 aliphatic rings. The molecule has 2 aromatic heterocycles. The molecular formula is C8H7N3O2S. The Balaban J connectivity index is 2.55. The van der Waals surface area contributed by atoms with E-state index in [1.165, 1.54) is 31.0 Å². The van der Waals surface area contributed by atoms with E-state index < -0.39 is 10.0 Å². The van der Waals surface area contributed by atoms with E-state index in [0.717, 1.165) is 3.97 Å². The van der Waals surface area contributed by atoms with Crippen molar-refractivity contribution in [3.8, 4) is 0 Å². The molecule has 5 nitrogen and oxygen atoms in total. The molecule has 0 unspecified atom stereocenters. The van der Waals surface area contributed by atoms with Gasteiger partial charge in [0.2, 0.25) is 0 Å². The van der Waals surface area contributed by atoms with Gasteiger partial charge in [-0.2, -0.15) is 8.42 Å². The summed E-state index contributed by atoms with van der Waals surface area (Å²) in [5.41, 5.74) is 0. The van der Waals surface area contributed by atoms with Crippen LogP contribution < -0.4 is 0 Å². The fourth-order valence-electron chi connectivity index (χ4n) is 0.997. The Hall–Kier alpha value is -1.69. The van der Waals surface area contributed by atoms with Crippen LogP contribution in [0.4, 0.5) is 0 Å². The molecule has 0 fully saturated rings. The highest BCUT2D eigenvalue weighted by Gasteiger charge is 2.16. The summed E-state index contributed by atoms with van der Waals surface area (Å²) in [4.78, 5) is 7.44. The molecule has 0 radical (unpaired) electrons. The summed E-state index contributed by atoms with van der Waals surface area (Å²) < 4.78 is 24.5. The topological polar surface area (TPSA) is 64.8 Å². The summed E-state index contributed by atoms with van der Waals surface area (Å²) in [5.74, 6) is 0. The summed E-state index contributed by atoms with van der Waals surface area (Å²) in [7, 11) is -3.55. The Morgan fingerprint density at radius 1 is 1.21 bits per heavy atom. The number of aromatic nitrogens is 3. The minimum atomic E-state index is -3.55. The van der Waals surface area contributed by atoms with E-state index in [-0.39, 0.29) is 5.03 Å². The highest BCUT2D eigenvalue weighted by Crippen LogP contribution is 2.08. The standard InChI is InChI=1S/C8H7N3O2S/c12-14(13,11-6-5-9-7-11)8-3-1-2-4-10-8/h1-7H. The minimum absolute atomic E-state index is 0.0120. The predicted molar refractivity (Wildman–Crippen MR) is 49.0 cm³/mol. The van der Waals surface area contributed by atoms with E-state index in [4.69, 9.17) is 0 Å². The van der Waals surface area contributed by atoms with E-state index >= 15 is 0 Å². The molecule has 0 aliphatic heterocycles. The fourth-order valence-corrected chi connectivity index (χ4v) is 2.05. The van der Waals surface area contributed by atoms with Crippen molar-refractivity contribution in [1.29, 1.82) is 0 Å². The average Bonchev–Trinajstić information content (AvgIpc) is 2.72. The molecule has 0 N–H and O–H groups in total. The lowest BCUT2D eigenvalue weighted by molar-refractivity contribution is 0.583. The largest absolute Gasteiger partial charge is 0.286 e. The van der Waals surface area contributed by atoms with E-state index in [2.05, 4.69) is 9.97 Å². The molecule has 0 bridgehead atoms. The van der Waals surface area contributed by atoms with Crippen LogP contribution in [0.25, 0.3) is 0 Å². The SMILES string of the molecule is O=S(=O)(c1ccccn1)n1ccnc1. The first-order valence-corrected chi connectivity index (χ1v) is 5.30. The van der Waals surface area contributed by atoms with Crippen LogP contribution in [-0.2, 0) is 10.0 Å². The molecule has 0 amide bonds. The molecule has 0 aliphatic carbocycles. The number of imidazole rings is 1. The van der Waals surface area contributed by atoms with Crippen LogP contribution in [0, 0.1) is 0 Å². The van der Waals surface area contributed by atoms with E-state index in [1.54, 1.807) is 12.1 Å². The van der Waals surface area contributed by atoms with Gasteiger partial charge in [-0.25, -0.2) is 13.9 Å². The maximum absolute atomic E-state index is 11.8. The van der Waals surface area contributed by atoms with Gasteiger partial charge in [-0.1, -0.05) is 6.07 Å². The number of hydrogen-bond acceptors (Lipinski definition) is 4. The van der Waals surface area contributed by atoms with Gasteiger partial charge in [0, 0.05) is 18.6 Å². The van der Waals surface area contributed by atoms with Crippen molar-refractivity contribution in [2.24, 2.45) is 0 Å². The lowest BCUT2D eigenvalue weighted by Crippen LogP contribution is -2.12. The third-order valence-electron chi connectivity index (χ3n) is 1.66. The quantitative estimate of drug-likeness (QED) is 0.723. The Morgan fingerprint density at radius 3 is 2.64 bits per heavy atom. The maximum Gasteiger partial charge on any atom is 0.286 e. The summed E-state index contributed by atoms with van der Waals surface area (Å²) in [6, 6.07) is 4.72. The Kier molecular flexibility index (Phi) is 2.05. The molecule has 2 aromatic rings. The zero-order valence-corrected chi connectivity index (χ0v) is 7.92. The van der Waals surface area contributed by atoms with Crippen molar-refractivity contribution in [2.75, 3.05) is 0 Å². The Bertz CT molecular complexity index is 505. The summed E-state index contributed by atoms with van der Waals surface area (Å²) >= 11 is 0. The summed E-state index contributed by atoms with van der Waals surface area (Å²) in [6.45, 7) is 0. The molecule has 0 saturated heterocycles. The van der Waals surface area contributed by atoms with Gasteiger partial charge in [0.05, 0.1) is 0 Å². The van der Waals surface area contributed by atoms with Crippen LogP contribution >= 0.6 is 0 Å². The fraction of sp³-hybridized carbons (Fsp3) is 0. The third-order valence-corrected chi connectivity index (χ3v) is 3.20. The Labute approximate surface area is 81.1 Å². The zero-order chi connectivity index (χ0) is 10.0. The van der Waals surface area contributed by atoms with Gasteiger partial charge in [0.25, 0.3) is 10.0 Å². The van der Waals surface area contributed by atoms with Gasteiger partial charge in [0.15, 0.2) is 5.03 Å². The average molecular weight is 209 g/mol. The highest BCUT2D eigenvalue weighted by molar-refractivity contribution is 7.89. The van der Waals surface area contributed by atoms with E-state index in [1.807, 2.05) is 0 Å². The molecule has 14 heavy (non-hydrogen) atoms. The van der Waals surface area contributed by atoms with Crippen LogP contribution in [0.2, 0.25) is 0 Å². The maximum atomic E-state index is 11.8. The third kappa shape index (κ3) is 1.39. The van der Waals surface area contributed by atoms with Crippen molar-refractivity contribution in [1.82, 2.24) is 13.9 Å². The molecule has 2 heterocycles. The molecular weight excluding hydrogens is 202 g/mol. The highest BCUT2D eigenvalue weighted by atomic mass is 32.2. The summed E-state index contributed by atoms with van der Waals surface area (Å²) in [5, 5.41) is 0.0120. The number of nitrogens with zero attached hydrogens (tertiary/aromatic N) is 3. The molecule has 2 rings (SSSR count). The number of hydrogen-bond donors (Lipinski definition) is 0. The second-order valence-electron chi connectivity index (χ2n) is 2.57. The predicted octanol–water partition coefficient (Wildman–Crippen LogP) is 0.515. The first-order valence-electron chi connectivity index (χ1n) is 3.86. The van der Waals surface area contributed by atoms with Crippen molar-refractivity contribution >= 4 is 10.0 Å². The van der Waals surface area contributed by atoms with Gasteiger partial charge in [-0.05, 0) is 12.1 Å². The second-order valence-corrected chi connectivity index (χ2v) is 4.36. The first-order chi connectivity index (χ1) is 6.71. The van der Waals surface area contributed by atoms with E-state index in [9.17, 15) is 8.42 Å². The van der Waals surface area contributed by atoms with Gasteiger partial charge in [-0.15, -0.1) is 0 Å². The van der Waals surface area contributed by atoms with Crippen molar-refractivity contribution in [3.05, 3.63) is 43.1 Å². The number of rotatable bonds is 2. The lowest BCUT2D eigenvalue weighted by Gasteiger charge is -2.02. The van der Waals surface area contributed by atoms with E-state index in [0.29, 0.717) is 0 Å². The minimum Gasteiger partial charge on any atom is -0.244 e. The van der Waals surface area contributed by atoms with Crippen LogP contribution in [-0.4, -0.2) is 22.4 Å². The second kappa shape index (κ2) is 3.22. The molecule has 6 heteroatoms. The van der Waals surface area contributed by atoms with Gasteiger partial charge >= 0.3 is 0 Å². The van der Waals surface area contributed by atoms with Crippen LogP contribution in [0.1, 0.15) is 0 Å².